The number of benzene rings is 2. The molecule has 0 fully saturated rings. The molecule has 32 heavy (non-hydrogen) atoms. The number of aryl methyl sites for hydroxylation is 2. The summed E-state index contributed by atoms with van der Waals surface area (Å²) in [6, 6.07) is 12.6. The summed E-state index contributed by atoms with van der Waals surface area (Å²) >= 11 is 0. The first-order valence-corrected chi connectivity index (χ1v) is 10.8. The Bertz CT molecular complexity index is 1040. The third kappa shape index (κ3) is 5.41. The van der Waals surface area contributed by atoms with Gasteiger partial charge in [-0.15, -0.1) is 0 Å². The van der Waals surface area contributed by atoms with Crippen LogP contribution in [-0.2, 0) is 6.61 Å². The molecule has 0 aliphatic rings. The smallest absolute Gasteiger partial charge is 0.255 e. The maximum atomic E-state index is 13.0. The van der Waals surface area contributed by atoms with E-state index >= 15 is 0 Å². The Hall–Kier alpha value is -3.48. The molecular formula is C25H30N2O5. The molecule has 7 heteroatoms. The third-order valence-corrected chi connectivity index (χ3v) is 5.10. The Kier molecular flexibility index (Phi) is 7.76. The number of nitrogens with zero attached hydrogens (tertiary/aromatic N) is 1. The van der Waals surface area contributed by atoms with Gasteiger partial charge in [0.1, 0.15) is 18.1 Å². The highest BCUT2D eigenvalue weighted by Gasteiger charge is 2.18. The molecule has 0 radical (unpaired) electrons. The lowest BCUT2D eigenvalue weighted by Crippen LogP contribution is -2.27. The van der Waals surface area contributed by atoms with Gasteiger partial charge in [0.2, 0.25) is 0 Å². The number of hydrogen-bond acceptors (Lipinski definition) is 6. The number of carbonyl (C=O) groups is 1. The van der Waals surface area contributed by atoms with E-state index in [1.807, 2.05) is 65.0 Å². The van der Waals surface area contributed by atoms with Crippen LogP contribution in [0.25, 0.3) is 0 Å². The van der Waals surface area contributed by atoms with Crippen molar-refractivity contribution in [1.29, 1.82) is 0 Å². The van der Waals surface area contributed by atoms with Gasteiger partial charge in [-0.25, -0.2) is 0 Å². The first kappa shape index (κ1) is 23.2. The Morgan fingerprint density at radius 1 is 1.00 bits per heavy atom. The van der Waals surface area contributed by atoms with E-state index in [1.54, 1.807) is 12.1 Å². The molecule has 0 aliphatic heterocycles. The number of aromatic nitrogens is 1. The van der Waals surface area contributed by atoms with Crippen LogP contribution in [0.4, 0.5) is 0 Å². The maximum absolute atomic E-state index is 13.0. The summed E-state index contributed by atoms with van der Waals surface area (Å²) < 4.78 is 22.5. The van der Waals surface area contributed by atoms with E-state index in [9.17, 15) is 4.79 Å². The van der Waals surface area contributed by atoms with Crippen molar-refractivity contribution < 1.29 is 23.5 Å². The van der Waals surface area contributed by atoms with Crippen LogP contribution in [0.15, 0.2) is 47.0 Å². The van der Waals surface area contributed by atoms with Crippen molar-refractivity contribution in [3.05, 3.63) is 70.6 Å². The molecule has 2 aromatic carbocycles. The summed E-state index contributed by atoms with van der Waals surface area (Å²) in [6.45, 7) is 10.8. The molecule has 0 aliphatic carbocycles. The molecule has 1 N–H and O–H groups in total. The van der Waals surface area contributed by atoms with E-state index < -0.39 is 0 Å². The largest absolute Gasteiger partial charge is 0.490 e. The molecule has 170 valence electrons. The lowest BCUT2D eigenvalue weighted by atomic mass is 10.1. The van der Waals surface area contributed by atoms with E-state index in [-0.39, 0.29) is 18.6 Å². The maximum Gasteiger partial charge on any atom is 0.255 e. The first-order chi connectivity index (χ1) is 15.4. The molecule has 0 unspecified atom stereocenters. The minimum atomic E-state index is -0.243. The molecule has 0 saturated carbocycles. The van der Waals surface area contributed by atoms with Gasteiger partial charge in [-0.1, -0.05) is 23.4 Å². The minimum absolute atomic E-state index is 0.223. The van der Waals surface area contributed by atoms with Gasteiger partial charge < -0.3 is 24.1 Å². The normalized spacial score (nSPS) is 11.7. The van der Waals surface area contributed by atoms with Crippen molar-refractivity contribution in [2.75, 3.05) is 13.2 Å². The number of amides is 1. The van der Waals surface area contributed by atoms with Crippen molar-refractivity contribution in [1.82, 2.24) is 10.5 Å². The molecular weight excluding hydrogens is 408 g/mol. The van der Waals surface area contributed by atoms with Crippen LogP contribution in [-0.4, -0.2) is 24.3 Å². The van der Waals surface area contributed by atoms with Crippen LogP contribution in [0.5, 0.6) is 17.2 Å². The Morgan fingerprint density at radius 2 is 1.72 bits per heavy atom. The van der Waals surface area contributed by atoms with E-state index in [1.165, 1.54) is 0 Å². The molecule has 3 aromatic rings. The zero-order valence-corrected chi connectivity index (χ0v) is 19.2. The molecule has 3 rings (SSSR count). The van der Waals surface area contributed by atoms with Crippen molar-refractivity contribution >= 4 is 5.91 Å². The zero-order chi connectivity index (χ0) is 23.1. The van der Waals surface area contributed by atoms with Gasteiger partial charge in [0.25, 0.3) is 5.91 Å². The second kappa shape index (κ2) is 10.7. The summed E-state index contributed by atoms with van der Waals surface area (Å²) in [5.41, 5.74) is 3.03. The number of hydrogen-bond donors (Lipinski definition) is 1. The van der Waals surface area contributed by atoms with Crippen molar-refractivity contribution in [3.8, 4) is 17.2 Å². The van der Waals surface area contributed by atoms with E-state index in [0.29, 0.717) is 41.8 Å². The van der Waals surface area contributed by atoms with Crippen LogP contribution in [0.1, 0.15) is 59.8 Å². The summed E-state index contributed by atoms with van der Waals surface area (Å²) in [5.74, 6) is 2.34. The fraction of sp³-hybridized carbons (Fsp3) is 0.360. The summed E-state index contributed by atoms with van der Waals surface area (Å²) in [4.78, 5) is 13.0. The molecule has 0 saturated heterocycles. The molecule has 0 spiro atoms. The highest BCUT2D eigenvalue weighted by molar-refractivity contribution is 5.97. The van der Waals surface area contributed by atoms with Gasteiger partial charge in [0.05, 0.1) is 36.1 Å². The standard InChI is InChI=1S/C25H30N2O5/c1-6-29-23-13-12-19(14-24(23)30-7-2)16(3)26-25(28)20-10-8-9-11-22(20)31-15-21-17(4)27-32-18(21)5/h8-14,16H,6-7,15H2,1-5H3,(H,26,28)/t16-/m1/s1. The van der Waals surface area contributed by atoms with Crippen LogP contribution in [0.2, 0.25) is 0 Å². The number of rotatable bonds is 10. The number of ether oxygens (including phenoxy) is 3. The molecule has 0 bridgehead atoms. The highest BCUT2D eigenvalue weighted by Crippen LogP contribution is 2.31. The Labute approximate surface area is 188 Å². The van der Waals surface area contributed by atoms with E-state index in [0.717, 1.165) is 16.8 Å². The average Bonchev–Trinajstić information content (AvgIpc) is 3.11. The van der Waals surface area contributed by atoms with Crippen LogP contribution in [0, 0.1) is 13.8 Å². The molecule has 1 heterocycles. The minimum Gasteiger partial charge on any atom is -0.490 e. The lowest BCUT2D eigenvalue weighted by molar-refractivity contribution is 0.0935. The van der Waals surface area contributed by atoms with Crippen LogP contribution in [0.3, 0.4) is 0 Å². The quantitative estimate of drug-likeness (QED) is 0.471. The van der Waals surface area contributed by atoms with Gasteiger partial charge in [-0.2, -0.15) is 0 Å². The fourth-order valence-corrected chi connectivity index (χ4v) is 3.33. The van der Waals surface area contributed by atoms with Crippen molar-refractivity contribution in [2.45, 2.75) is 47.3 Å². The van der Waals surface area contributed by atoms with E-state index in [2.05, 4.69) is 10.5 Å². The Morgan fingerprint density at radius 3 is 2.41 bits per heavy atom. The zero-order valence-electron chi connectivity index (χ0n) is 19.2. The van der Waals surface area contributed by atoms with Crippen molar-refractivity contribution in [3.63, 3.8) is 0 Å². The monoisotopic (exact) mass is 438 g/mol. The Balaban J connectivity index is 1.74. The topological polar surface area (TPSA) is 82.8 Å². The van der Waals surface area contributed by atoms with Gasteiger partial charge in [-0.05, 0) is 64.4 Å². The van der Waals surface area contributed by atoms with Gasteiger partial charge in [-0.3, -0.25) is 4.79 Å². The number of para-hydroxylation sites is 1. The predicted octanol–water partition coefficient (Wildman–Crippen LogP) is 5.16. The van der Waals surface area contributed by atoms with Crippen LogP contribution < -0.4 is 19.5 Å². The third-order valence-electron chi connectivity index (χ3n) is 5.10. The highest BCUT2D eigenvalue weighted by atomic mass is 16.5. The molecule has 7 nitrogen and oxygen atoms in total. The van der Waals surface area contributed by atoms with Gasteiger partial charge in [0, 0.05) is 0 Å². The fourth-order valence-electron chi connectivity index (χ4n) is 3.33. The van der Waals surface area contributed by atoms with Gasteiger partial charge in [0.15, 0.2) is 11.5 Å². The predicted molar refractivity (Wildman–Crippen MR) is 121 cm³/mol. The second-order valence-electron chi connectivity index (χ2n) is 7.35. The first-order valence-electron chi connectivity index (χ1n) is 10.8. The summed E-state index contributed by atoms with van der Waals surface area (Å²) in [5, 5.41) is 6.99. The number of carbonyl (C=O) groups excluding carboxylic acids is 1. The number of nitrogens with one attached hydrogen (secondary N) is 1. The average molecular weight is 439 g/mol. The second-order valence-corrected chi connectivity index (χ2v) is 7.35. The summed E-state index contributed by atoms with van der Waals surface area (Å²) in [7, 11) is 0. The van der Waals surface area contributed by atoms with Crippen LogP contribution >= 0.6 is 0 Å². The van der Waals surface area contributed by atoms with Gasteiger partial charge >= 0.3 is 0 Å². The molecule has 1 atom stereocenters. The van der Waals surface area contributed by atoms with E-state index in [4.69, 9.17) is 18.7 Å². The SMILES string of the molecule is CCOc1ccc([C@@H](C)NC(=O)c2ccccc2OCc2c(C)noc2C)cc1OCC. The lowest BCUT2D eigenvalue weighted by Gasteiger charge is -2.18. The van der Waals surface area contributed by atoms with Crippen molar-refractivity contribution in [2.24, 2.45) is 0 Å². The molecule has 1 aromatic heterocycles. The summed E-state index contributed by atoms with van der Waals surface area (Å²) in [6.07, 6.45) is 0. The molecule has 1 amide bonds.